The van der Waals surface area contributed by atoms with Gasteiger partial charge in [-0.3, -0.25) is 9.97 Å². The van der Waals surface area contributed by atoms with E-state index in [2.05, 4.69) is 15.0 Å². The van der Waals surface area contributed by atoms with Crippen LogP contribution in [-0.2, 0) is 13.0 Å². The smallest absolute Gasteiger partial charge is 0.325 e. The van der Waals surface area contributed by atoms with E-state index in [1.54, 1.807) is 25.2 Å². The van der Waals surface area contributed by atoms with Crippen LogP contribution in [0.3, 0.4) is 0 Å². The van der Waals surface area contributed by atoms with Crippen molar-refractivity contribution in [2.24, 2.45) is 7.05 Å². The largest absolute Gasteiger partial charge is 0.459 e. The number of hydrogen-bond donors (Lipinski definition) is 0. The van der Waals surface area contributed by atoms with Crippen LogP contribution < -0.4 is 0 Å². The molecule has 9 heteroatoms. The Bertz CT molecular complexity index is 855. The molecular formula is C14H9F5N4. The van der Waals surface area contributed by atoms with E-state index < -0.39 is 17.8 Å². The van der Waals surface area contributed by atoms with Crippen LogP contribution in [-0.4, -0.2) is 25.7 Å². The Morgan fingerprint density at radius 3 is 2.39 bits per heavy atom. The monoisotopic (exact) mass is 328 g/mol. The molecule has 0 saturated carbocycles. The van der Waals surface area contributed by atoms with Gasteiger partial charge in [0.15, 0.2) is 5.82 Å². The van der Waals surface area contributed by atoms with E-state index in [4.69, 9.17) is 0 Å². The number of pyridine rings is 2. The first-order valence-corrected chi connectivity index (χ1v) is 6.40. The molecule has 120 valence electrons. The van der Waals surface area contributed by atoms with E-state index in [-0.39, 0.29) is 5.52 Å². The molecule has 0 saturated heterocycles. The summed E-state index contributed by atoms with van der Waals surface area (Å²) in [5, 5.41) is 0. The molecular weight excluding hydrogens is 319 g/mol. The number of aromatic nitrogens is 4. The predicted octanol–water partition coefficient (Wildman–Crippen LogP) is 3.68. The summed E-state index contributed by atoms with van der Waals surface area (Å²) in [5.74, 6) is -4.70. The molecule has 3 rings (SSSR count). The molecule has 3 heterocycles. The van der Waals surface area contributed by atoms with Gasteiger partial charge in [0.2, 0.25) is 0 Å². The van der Waals surface area contributed by atoms with Crippen LogP contribution in [0.2, 0.25) is 0 Å². The summed E-state index contributed by atoms with van der Waals surface area (Å²) in [6.45, 7) is 0. The highest BCUT2D eigenvalue weighted by atomic mass is 19.4. The number of fused-ring (bicyclic) bond motifs is 1. The molecule has 0 aliphatic rings. The molecule has 23 heavy (non-hydrogen) atoms. The first kappa shape index (κ1) is 15.3. The highest BCUT2D eigenvalue weighted by Crippen LogP contribution is 2.43. The summed E-state index contributed by atoms with van der Waals surface area (Å²) in [4.78, 5) is 11.4. The molecule has 0 aliphatic carbocycles. The lowest BCUT2D eigenvalue weighted by Crippen LogP contribution is -2.34. The van der Waals surface area contributed by atoms with Crippen LogP contribution in [0.15, 0.2) is 36.7 Å². The third-order valence-corrected chi connectivity index (χ3v) is 3.34. The van der Waals surface area contributed by atoms with Gasteiger partial charge in [-0.25, -0.2) is 4.98 Å². The maximum Gasteiger partial charge on any atom is 0.459 e. The molecule has 0 unspecified atom stereocenters. The number of nitrogens with zero attached hydrogens (tertiary/aromatic N) is 4. The fourth-order valence-electron chi connectivity index (χ4n) is 2.13. The van der Waals surface area contributed by atoms with Crippen LogP contribution in [0.5, 0.6) is 0 Å². The molecule has 0 atom stereocenters. The average Bonchev–Trinajstić information content (AvgIpc) is 2.83. The second kappa shape index (κ2) is 4.97. The minimum absolute atomic E-state index is 0.0120. The first-order valence-electron chi connectivity index (χ1n) is 6.40. The lowest BCUT2D eigenvalue weighted by atomic mass is 10.2. The minimum atomic E-state index is -5.72. The number of alkyl halides is 5. The highest BCUT2D eigenvalue weighted by molar-refractivity contribution is 5.79. The van der Waals surface area contributed by atoms with Gasteiger partial charge in [-0.05, 0) is 18.2 Å². The van der Waals surface area contributed by atoms with Gasteiger partial charge >= 0.3 is 12.1 Å². The average molecular weight is 328 g/mol. The summed E-state index contributed by atoms with van der Waals surface area (Å²) in [5.41, 5.74) is -0.604. The maximum absolute atomic E-state index is 13.4. The molecule has 3 aromatic heterocycles. The SMILES string of the molecule is Cn1c(-c2ccccn2)nc2cc(C(F)(F)C(F)(F)F)ncc21. The summed E-state index contributed by atoms with van der Waals surface area (Å²) in [6.07, 6.45) is -3.24. The van der Waals surface area contributed by atoms with E-state index >= 15 is 0 Å². The van der Waals surface area contributed by atoms with Crippen molar-refractivity contribution in [1.82, 2.24) is 19.5 Å². The van der Waals surface area contributed by atoms with Gasteiger partial charge in [-0.15, -0.1) is 0 Å². The van der Waals surface area contributed by atoms with Gasteiger partial charge in [-0.1, -0.05) is 6.07 Å². The van der Waals surface area contributed by atoms with E-state index in [0.29, 0.717) is 23.1 Å². The molecule has 0 aromatic carbocycles. The molecule has 0 fully saturated rings. The fraction of sp³-hybridized carbons (Fsp3) is 0.214. The van der Waals surface area contributed by atoms with Crippen molar-refractivity contribution in [3.8, 4) is 11.5 Å². The van der Waals surface area contributed by atoms with Crippen molar-refractivity contribution in [2.75, 3.05) is 0 Å². The molecule has 0 N–H and O–H groups in total. The first-order chi connectivity index (χ1) is 10.7. The number of halogens is 5. The minimum Gasteiger partial charge on any atom is -0.325 e. The lowest BCUT2D eigenvalue weighted by Gasteiger charge is -2.18. The quantitative estimate of drug-likeness (QED) is 0.674. The zero-order valence-corrected chi connectivity index (χ0v) is 11.6. The van der Waals surface area contributed by atoms with Crippen LogP contribution in [0, 0.1) is 0 Å². The third-order valence-electron chi connectivity index (χ3n) is 3.34. The number of rotatable bonds is 2. The Morgan fingerprint density at radius 1 is 1.04 bits per heavy atom. The summed E-state index contributed by atoms with van der Waals surface area (Å²) in [6, 6.07) is 5.70. The molecule has 0 spiro atoms. The van der Waals surface area contributed by atoms with Gasteiger partial charge in [-0.2, -0.15) is 22.0 Å². The maximum atomic E-state index is 13.4. The molecule has 0 radical (unpaired) electrons. The topological polar surface area (TPSA) is 43.6 Å². The Labute approximate surface area is 126 Å². The molecule has 4 nitrogen and oxygen atoms in total. The molecule has 0 aliphatic heterocycles. The predicted molar refractivity (Wildman–Crippen MR) is 71.7 cm³/mol. The van der Waals surface area contributed by atoms with Gasteiger partial charge < -0.3 is 4.57 Å². The van der Waals surface area contributed by atoms with Crippen molar-refractivity contribution in [1.29, 1.82) is 0 Å². The lowest BCUT2D eigenvalue weighted by molar-refractivity contribution is -0.290. The Morgan fingerprint density at radius 2 is 1.78 bits per heavy atom. The summed E-state index contributed by atoms with van der Waals surface area (Å²) in [7, 11) is 1.60. The Balaban J connectivity index is 2.16. The molecule has 3 aromatic rings. The summed E-state index contributed by atoms with van der Waals surface area (Å²) < 4.78 is 65.6. The van der Waals surface area contributed by atoms with Gasteiger partial charge in [0, 0.05) is 13.2 Å². The third kappa shape index (κ3) is 2.41. The van der Waals surface area contributed by atoms with Crippen molar-refractivity contribution < 1.29 is 22.0 Å². The highest BCUT2D eigenvalue weighted by Gasteiger charge is 2.60. The van der Waals surface area contributed by atoms with Crippen molar-refractivity contribution >= 4 is 11.0 Å². The van der Waals surface area contributed by atoms with Gasteiger partial charge in [0.25, 0.3) is 0 Å². The normalized spacial score (nSPS) is 12.8. The van der Waals surface area contributed by atoms with Crippen LogP contribution in [0.4, 0.5) is 22.0 Å². The van der Waals surface area contributed by atoms with Crippen LogP contribution in [0.1, 0.15) is 5.69 Å². The molecule has 0 bridgehead atoms. The molecule has 0 amide bonds. The zero-order valence-electron chi connectivity index (χ0n) is 11.6. The Hall–Kier alpha value is -2.58. The Kier molecular flexibility index (Phi) is 3.31. The van der Waals surface area contributed by atoms with E-state index in [9.17, 15) is 22.0 Å². The zero-order chi connectivity index (χ0) is 16.8. The number of imidazole rings is 1. The fourth-order valence-corrected chi connectivity index (χ4v) is 2.13. The summed E-state index contributed by atoms with van der Waals surface area (Å²) >= 11 is 0. The van der Waals surface area contributed by atoms with Gasteiger partial charge in [0.05, 0.1) is 17.2 Å². The van der Waals surface area contributed by atoms with E-state index in [1.165, 1.54) is 10.8 Å². The number of aryl methyl sites for hydroxylation is 1. The van der Waals surface area contributed by atoms with E-state index in [0.717, 1.165) is 6.20 Å². The van der Waals surface area contributed by atoms with Crippen LogP contribution in [0.25, 0.3) is 22.6 Å². The van der Waals surface area contributed by atoms with E-state index in [1.807, 2.05) is 0 Å². The van der Waals surface area contributed by atoms with Crippen molar-refractivity contribution in [3.63, 3.8) is 0 Å². The van der Waals surface area contributed by atoms with Crippen molar-refractivity contribution in [3.05, 3.63) is 42.4 Å². The van der Waals surface area contributed by atoms with Gasteiger partial charge in [0.1, 0.15) is 11.4 Å². The second-order valence-electron chi connectivity index (χ2n) is 4.84. The number of hydrogen-bond acceptors (Lipinski definition) is 3. The standard InChI is InChI=1S/C14H9F5N4/c1-23-10-7-21-11(13(15,16)14(17,18)19)6-9(10)22-12(23)8-4-2-3-5-20-8/h2-7H,1H3. The van der Waals surface area contributed by atoms with Crippen LogP contribution >= 0.6 is 0 Å². The van der Waals surface area contributed by atoms with Crippen molar-refractivity contribution in [2.45, 2.75) is 12.1 Å². The second-order valence-corrected chi connectivity index (χ2v) is 4.84.